The highest BCUT2D eigenvalue weighted by Crippen LogP contribution is 2.35. The third-order valence-electron chi connectivity index (χ3n) is 3.93. The zero-order valence-electron chi connectivity index (χ0n) is 17.6. The SMILES string of the molecule is C=NC.COCC1=C(C(=O)OC)C(c2ccc(F)c(F)c2)N(C(=O)NC/C=N/O)C(=O)N1. The van der Waals surface area contributed by atoms with Crippen molar-refractivity contribution >= 4 is 31.0 Å². The maximum absolute atomic E-state index is 13.9. The molecule has 0 saturated carbocycles. The van der Waals surface area contributed by atoms with E-state index in [-0.39, 0.29) is 30.0 Å². The number of nitrogens with zero attached hydrogens (tertiary/aromatic N) is 3. The minimum Gasteiger partial charge on any atom is -0.466 e. The first-order valence-corrected chi connectivity index (χ1v) is 8.91. The van der Waals surface area contributed by atoms with Crippen molar-refractivity contribution in [2.75, 3.05) is 34.4 Å². The second kappa shape index (κ2) is 12.7. The van der Waals surface area contributed by atoms with Gasteiger partial charge in [0.1, 0.15) is 6.04 Å². The molecule has 2 rings (SSSR count). The monoisotopic (exact) mass is 455 g/mol. The number of hydrogen-bond donors (Lipinski definition) is 3. The molecule has 0 fully saturated rings. The number of benzene rings is 1. The van der Waals surface area contributed by atoms with E-state index in [0.29, 0.717) is 4.90 Å². The molecule has 0 saturated heterocycles. The number of oxime groups is 1. The van der Waals surface area contributed by atoms with Gasteiger partial charge in [-0.3, -0.25) is 0 Å². The smallest absolute Gasteiger partial charge is 0.338 e. The van der Waals surface area contributed by atoms with Crippen molar-refractivity contribution < 1.29 is 37.8 Å². The topological polar surface area (TPSA) is 142 Å². The van der Waals surface area contributed by atoms with Gasteiger partial charge in [0, 0.05) is 14.2 Å². The summed E-state index contributed by atoms with van der Waals surface area (Å²) in [6.07, 6.45) is 0.944. The number of aliphatic imine (C=N–C) groups is 1. The summed E-state index contributed by atoms with van der Waals surface area (Å²) in [5.41, 5.74) is -0.260. The summed E-state index contributed by atoms with van der Waals surface area (Å²) in [5.74, 6) is -3.30. The van der Waals surface area contributed by atoms with Crippen LogP contribution in [0.3, 0.4) is 0 Å². The molecule has 1 aromatic rings. The molecule has 1 unspecified atom stereocenters. The van der Waals surface area contributed by atoms with Crippen LogP contribution >= 0.6 is 0 Å². The number of amides is 4. The van der Waals surface area contributed by atoms with Crippen molar-refractivity contribution in [1.29, 1.82) is 0 Å². The van der Waals surface area contributed by atoms with Crippen molar-refractivity contribution in [1.82, 2.24) is 15.5 Å². The normalized spacial score (nSPS) is 15.6. The molecule has 0 spiro atoms. The molecule has 13 heteroatoms. The average molecular weight is 455 g/mol. The van der Waals surface area contributed by atoms with Crippen molar-refractivity contribution in [3.05, 3.63) is 46.7 Å². The Morgan fingerprint density at radius 3 is 2.53 bits per heavy atom. The Morgan fingerprint density at radius 2 is 2.00 bits per heavy atom. The van der Waals surface area contributed by atoms with Gasteiger partial charge in [0.05, 0.1) is 37.7 Å². The minimum absolute atomic E-state index is 0.0000499. The van der Waals surface area contributed by atoms with Crippen LogP contribution < -0.4 is 10.6 Å². The van der Waals surface area contributed by atoms with Gasteiger partial charge < -0.3 is 30.3 Å². The molecule has 0 aromatic heterocycles. The number of methoxy groups -OCH3 is 2. The van der Waals surface area contributed by atoms with E-state index >= 15 is 0 Å². The zero-order chi connectivity index (χ0) is 24.3. The van der Waals surface area contributed by atoms with Crippen molar-refractivity contribution in [2.24, 2.45) is 10.1 Å². The second-order valence-corrected chi connectivity index (χ2v) is 5.99. The molecule has 4 amide bonds. The largest absolute Gasteiger partial charge is 0.466 e. The summed E-state index contributed by atoms with van der Waals surface area (Å²) >= 11 is 0. The standard InChI is InChI=1S/C17H18F2N4O6.C2H5N/c1-28-8-12-13(15(24)29-2)14(9-3-4-10(18)11(19)7-9)23(17(26)22-12)16(25)20-5-6-21-27;1-3-2/h3-4,6-7,14,27H,5,8H2,1-2H3,(H,20,25)(H,22,26);1H2,2H3/b21-6+;. The number of urea groups is 2. The van der Waals surface area contributed by atoms with Crippen molar-refractivity contribution in [3.63, 3.8) is 0 Å². The van der Waals surface area contributed by atoms with E-state index in [1.807, 2.05) is 0 Å². The Bertz CT molecular complexity index is 921. The zero-order valence-corrected chi connectivity index (χ0v) is 17.6. The molecule has 11 nitrogen and oxygen atoms in total. The van der Waals surface area contributed by atoms with Crippen LogP contribution in [0.1, 0.15) is 11.6 Å². The third kappa shape index (κ3) is 6.31. The molecule has 0 bridgehead atoms. The summed E-state index contributed by atoms with van der Waals surface area (Å²) in [7, 11) is 4.04. The van der Waals surface area contributed by atoms with Gasteiger partial charge >= 0.3 is 18.0 Å². The summed E-state index contributed by atoms with van der Waals surface area (Å²) < 4.78 is 37.0. The molecule has 1 aliphatic heterocycles. The summed E-state index contributed by atoms with van der Waals surface area (Å²) in [6.45, 7) is 2.65. The van der Waals surface area contributed by atoms with E-state index in [0.717, 1.165) is 31.5 Å². The third-order valence-corrected chi connectivity index (χ3v) is 3.93. The van der Waals surface area contributed by atoms with Gasteiger partial charge in [-0.15, -0.1) is 5.16 Å². The van der Waals surface area contributed by atoms with E-state index < -0.39 is 35.7 Å². The first-order chi connectivity index (χ1) is 15.3. The van der Waals surface area contributed by atoms with Crippen LogP contribution in [-0.2, 0) is 14.3 Å². The second-order valence-electron chi connectivity index (χ2n) is 5.99. The average Bonchev–Trinajstić information content (AvgIpc) is 2.75. The highest BCUT2D eigenvalue weighted by molar-refractivity contribution is 6.02. The van der Waals surface area contributed by atoms with E-state index in [2.05, 4.69) is 27.5 Å². The lowest BCUT2D eigenvalue weighted by Crippen LogP contribution is -2.55. The first-order valence-electron chi connectivity index (χ1n) is 8.91. The Kier molecular flexibility index (Phi) is 10.4. The Morgan fingerprint density at radius 1 is 1.34 bits per heavy atom. The number of ether oxygens (including phenoxy) is 2. The number of nitrogens with one attached hydrogen (secondary N) is 2. The van der Waals surface area contributed by atoms with E-state index in [1.54, 1.807) is 7.05 Å². The van der Waals surface area contributed by atoms with Crippen molar-refractivity contribution in [3.8, 4) is 0 Å². The maximum atomic E-state index is 13.9. The van der Waals surface area contributed by atoms with Gasteiger partial charge in [-0.05, 0) is 24.4 Å². The van der Waals surface area contributed by atoms with Gasteiger partial charge in [-0.25, -0.2) is 28.1 Å². The molecule has 174 valence electrons. The number of hydrogen-bond acceptors (Lipinski definition) is 8. The Labute approximate surface area is 182 Å². The number of halogens is 2. The summed E-state index contributed by atoms with van der Waals surface area (Å²) in [5, 5.41) is 15.8. The number of esters is 1. The summed E-state index contributed by atoms with van der Waals surface area (Å²) in [4.78, 5) is 41.5. The summed E-state index contributed by atoms with van der Waals surface area (Å²) in [6, 6.07) is -0.682. The molecule has 3 N–H and O–H groups in total. The predicted octanol–water partition coefficient (Wildman–Crippen LogP) is 1.59. The molecule has 1 aromatic carbocycles. The molecule has 1 atom stereocenters. The van der Waals surface area contributed by atoms with Crippen LogP contribution in [-0.4, -0.2) is 75.5 Å². The molecule has 1 heterocycles. The van der Waals surface area contributed by atoms with Crippen molar-refractivity contribution in [2.45, 2.75) is 6.04 Å². The van der Waals surface area contributed by atoms with Gasteiger partial charge in [-0.1, -0.05) is 6.07 Å². The molecular formula is C19H23F2N5O6. The van der Waals surface area contributed by atoms with Gasteiger partial charge in [0.25, 0.3) is 0 Å². The van der Waals surface area contributed by atoms with Gasteiger partial charge in [0.2, 0.25) is 0 Å². The van der Waals surface area contributed by atoms with Crippen LogP contribution in [0.2, 0.25) is 0 Å². The first kappa shape index (κ1) is 26.2. The van der Waals surface area contributed by atoms with E-state index in [9.17, 15) is 23.2 Å². The van der Waals surface area contributed by atoms with Crippen LogP contribution in [0.15, 0.2) is 39.6 Å². The number of imide groups is 1. The number of rotatable bonds is 6. The molecule has 0 aliphatic carbocycles. The minimum atomic E-state index is -1.44. The highest BCUT2D eigenvalue weighted by atomic mass is 19.2. The fourth-order valence-electron chi connectivity index (χ4n) is 2.74. The van der Waals surface area contributed by atoms with E-state index in [4.69, 9.17) is 14.7 Å². The fraction of sp³-hybridized carbons (Fsp3) is 0.316. The van der Waals surface area contributed by atoms with Gasteiger partial charge in [-0.2, -0.15) is 0 Å². The fourth-order valence-corrected chi connectivity index (χ4v) is 2.74. The van der Waals surface area contributed by atoms with E-state index in [1.165, 1.54) is 7.11 Å². The predicted molar refractivity (Wildman–Crippen MR) is 110 cm³/mol. The lowest BCUT2D eigenvalue weighted by molar-refractivity contribution is -0.137. The maximum Gasteiger partial charge on any atom is 0.338 e. The lowest BCUT2D eigenvalue weighted by atomic mass is 9.93. The lowest BCUT2D eigenvalue weighted by Gasteiger charge is -2.36. The molecule has 1 aliphatic rings. The molecule has 0 radical (unpaired) electrons. The molecular weight excluding hydrogens is 432 g/mol. The van der Waals surface area contributed by atoms with Crippen LogP contribution in [0.4, 0.5) is 18.4 Å². The van der Waals surface area contributed by atoms with Crippen LogP contribution in [0, 0.1) is 11.6 Å². The Hall–Kier alpha value is -3.87. The van der Waals surface area contributed by atoms with Gasteiger partial charge in [0.15, 0.2) is 11.6 Å². The van der Waals surface area contributed by atoms with Crippen LogP contribution in [0.25, 0.3) is 0 Å². The Balaban J connectivity index is 0.00000161. The highest BCUT2D eigenvalue weighted by Gasteiger charge is 2.43. The quantitative estimate of drug-likeness (QED) is 0.257. The molecule has 32 heavy (non-hydrogen) atoms. The van der Waals surface area contributed by atoms with Crippen LogP contribution in [0.5, 0.6) is 0 Å². The number of carbonyl (C=O) groups excluding carboxylic acids is 3. The number of carbonyl (C=O) groups is 3.